The number of nitrogens with one attached hydrogen (secondary N) is 2. The molecule has 0 aromatic heterocycles. The van der Waals surface area contributed by atoms with E-state index in [9.17, 15) is 13.2 Å². The number of carbonyl (C=O) groups excluding carboxylic acids is 1. The van der Waals surface area contributed by atoms with E-state index in [0.717, 1.165) is 11.1 Å². The molecule has 0 saturated heterocycles. The molecule has 0 saturated carbocycles. The molecule has 3 rings (SSSR count). The molecule has 32 heavy (non-hydrogen) atoms. The van der Waals surface area contributed by atoms with Crippen LogP contribution in [0.1, 0.15) is 18.1 Å². The van der Waals surface area contributed by atoms with Crippen molar-refractivity contribution in [2.24, 2.45) is 0 Å². The quantitative estimate of drug-likeness (QED) is 0.522. The lowest BCUT2D eigenvalue weighted by Gasteiger charge is -2.15. The van der Waals surface area contributed by atoms with E-state index in [0.29, 0.717) is 22.9 Å². The number of hydrogen-bond acceptors (Lipinski definition) is 5. The van der Waals surface area contributed by atoms with Gasteiger partial charge in [-0.1, -0.05) is 6.07 Å². The highest BCUT2D eigenvalue weighted by Crippen LogP contribution is 2.21. The standard InChI is InChI=1S/C24H26N2O5S/c1-16-13-17(2)15-20(14-16)26-32(28,29)23-11-5-19(6-12-23)25-24(27)18(3)31-22-9-7-21(30-4)8-10-22/h5-15,18,26H,1-4H3,(H,25,27). The van der Waals surface area contributed by atoms with Gasteiger partial charge in [-0.15, -0.1) is 0 Å². The average Bonchev–Trinajstić information content (AvgIpc) is 2.73. The molecule has 3 aromatic rings. The van der Waals surface area contributed by atoms with Gasteiger partial charge in [0.05, 0.1) is 12.0 Å². The van der Waals surface area contributed by atoms with Crippen LogP contribution in [-0.4, -0.2) is 27.5 Å². The lowest BCUT2D eigenvalue weighted by Crippen LogP contribution is -2.30. The Balaban J connectivity index is 1.63. The predicted octanol–water partition coefficient (Wildman–Crippen LogP) is 4.52. The number of benzene rings is 3. The summed E-state index contributed by atoms with van der Waals surface area (Å²) in [5.41, 5.74) is 2.90. The Hall–Kier alpha value is -3.52. The summed E-state index contributed by atoms with van der Waals surface area (Å²) in [6.45, 7) is 5.44. The number of anilines is 2. The Bertz CT molecular complexity index is 1170. The topological polar surface area (TPSA) is 93.7 Å². The Morgan fingerprint density at radius 3 is 1.97 bits per heavy atom. The molecule has 0 aliphatic rings. The number of amides is 1. The highest BCUT2D eigenvalue weighted by molar-refractivity contribution is 7.92. The largest absolute Gasteiger partial charge is 0.497 e. The third-order valence-electron chi connectivity index (χ3n) is 4.65. The first-order chi connectivity index (χ1) is 15.2. The second-order valence-electron chi connectivity index (χ2n) is 7.43. The Labute approximate surface area is 188 Å². The third-order valence-corrected chi connectivity index (χ3v) is 6.04. The van der Waals surface area contributed by atoms with E-state index < -0.39 is 16.1 Å². The maximum atomic E-state index is 12.7. The van der Waals surface area contributed by atoms with Gasteiger partial charge in [-0.25, -0.2) is 8.42 Å². The van der Waals surface area contributed by atoms with Crippen molar-refractivity contribution < 1.29 is 22.7 Å². The molecule has 0 bridgehead atoms. The molecule has 168 valence electrons. The fourth-order valence-corrected chi connectivity index (χ4v) is 4.16. The summed E-state index contributed by atoms with van der Waals surface area (Å²) < 4.78 is 38.7. The highest BCUT2D eigenvalue weighted by atomic mass is 32.2. The van der Waals surface area contributed by atoms with Crippen LogP contribution in [0.2, 0.25) is 0 Å². The number of methoxy groups -OCH3 is 1. The van der Waals surface area contributed by atoms with Gasteiger partial charge in [0, 0.05) is 11.4 Å². The van der Waals surface area contributed by atoms with Gasteiger partial charge in [-0.05, 0) is 92.6 Å². The molecular formula is C24H26N2O5S. The molecular weight excluding hydrogens is 428 g/mol. The number of hydrogen-bond donors (Lipinski definition) is 2. The van der Waals surface area contributed by atoms with Gasteiger partial charge in [0.1, 0.15) is 11.5 Å². The zero-order valence-electron chi connectivity index (χ0n) is 18.4. The predicted molar refractivity (Wildman–Crippen MR) is 125 cm³/mol. The van der Waals surface area contributed by atoms with E-state index in [-0.39, 0.29) is 10.8 Å². The Kier molecular flexibility index (Phi) is 7.05. The van der Waals surface area contributed by atoms with Crippen LogP contribution < -0.4 is 19.5 Å². The second kappa shape index (κ2) is 9.74. The average molecular weight is 455 g/mol. The molecule has 0 heterocycles. The van der Waals surface area contributed by atoms with Crippen LogP contribution >= 0.6 is 0 Å². The van der Waals surface area contributed by atoms with Gasteiger partial charge in [0.15, 0.2) is 6.10 Å². The van der Waals surface area contributed by atoms with Crippen LogP contribution in [0.15, 0.2) is 71.6 Å². The van der Waals surface area contributed by atoms with E-state index >= 15 is 0 Å². The molecule has 0 aliphatic carbocycles. The summed E-state index contributed by atoms with van der Waals surface area (Å²) in [4.78, 5) is 12.5. The number of aryl methyl sites for hydroxylation is 2. The zero-order valence-corrected chi connectivity index (χ0v) is 19.2. The maximum Gasteiger partial charge on any atom is 0.265 e. The fourth-order valence-electron chi connectivity index (χ4n) is 3.12. The van der Waals surface area contributed by atoms with E-state index in [1.165, 1.54) is 24.3 Å². The van der Waals surface area contributed by atoms with Crippen LogP contribution in [-0.2, 0) is 14.8 Å². The molecule has 8 heteroatoms. The van der Waals surface area contributed by atoms with Crippen LogP contribution in [0.5, 0.6) is 11.5 Å². The van der Waals surface area contributed by atoms with Gasteiger partial charge >= 0.3 is 0 Å². The summed E-state index contributed by atoms with van der Waals surface area (Å²) in [6.07, 6.45) is -0.752. The van der Waals surface area contributed by atoms with Crippen molar-refractivity contribution in [2.75, 3.05) is 17.1 Å². The fraction of sp³-hybridized carbons (Fsp3) is 0.208. The Morgan fingerprint density at radius 1 is 0.844 bits per heavy atom. The first-order valence-corrected chi connectivity index (χ1v) is 11.5. The van der Waals surface area contributed by atoms with E-state index in [2.05, 4.69) is 10.0 Å². The van der Waals surface area contributed by atoms with Gasteiger partial charge < -0.3 is 14.8 Å². The summed E-state index contributed by atoms with van der Waals surface area (Å²) >= 11 is 0. The van der Waals surface area contributed by atoms with Crippen molar-refractivity contribution in [2.45, 2.75) is 31.8 Å². The number of sulfonamides is 1. The first-order valence-electron chi connectivity index (χ1n) is 9.99. The van der Waals surface area contributed by atoms with Gasteiger partial charge in [0.2, 0.25) is 0 Å². The molecule has 0 fully saturated rings. The first kappa shape index (κ1) is 23.1. The zero-order chi connectivity index (χ0) is 23.3. The van der Waals surface area contributed by atoms with E-state index in [4.69, 9.17) is 9.47 Å². The van der Waals surface area contributed by atoms with Crippen molar-refractivity contribution in [1.29, 1.82) is 0 Å². The van der Waals surface area contributed by atoms with Crippen molar-refractivity contribution in [1.82, 2.24) is 0 Å². The summed E-state index contributed by atoms with van der Waals surface area (Å²) in [6, 6.07) is 18.4. The monoisotopic (exact) mass is 454 g/mol. The van der Waals surface area contributed by atoms with Crippen molar-refractivity contribution >= 4 is 27.3 Å². The minimum atomic E-state index is -3.75. The van der Waals surface area contributed by atoms with Crippen LogP contribution in [0.4, 0.5) is 11.4 Å². The third kappa shape index (κ3) is 6.01. The smallest absolute Gasteiger partial charge is 0.265 e. The molecule has 2 N–H and O–H groups in total. The normalized spacial score (nSPS) is 12.0. The molecule has 1 unspecified atom stereocenters. The second-order valence-corrected chi connectivity index (χ2v) is 9.11. The van der Waals surface area contributed by atoms with E-state index in [1.807, 2.05) is 19.9 Å². The van der Waals surface area contributed by atoms with Crippen molar-refractivity contribution in [3.8, 4) is 11.5 Å². The van der Waals surface area contributed by atoms with Crippen LogP contribution in [0.25, 0.3) is 0 Å². The van der Waals surface area contributed by atoms with Crippen LogP contribution in [0, 0.1) is 13.8 Å². The molecule has 1 amide bonds. The van der Waals surface area contributed by atoms with Crippen molar-refractivity contribution in [3.05, 3.63) is 77.9 Å². The summed E-state index contributed by atoms with van der Waals surface area (Å²) in [5.74, 6) is 0.869. The molecule has 3 aromatic carbocycles. The molecule has 0 radical (unpaired) electrons. The van der Waals surface area contributed by atoms with Crippen LogP contribution in [0.3, 0.4) is 0 Å². The minimum Gasteiger partial charge on any atom is -0.497 e. The summed E-state index contributed by atoms with van der Waals surface area (Å²) in [5, 5.41) is 2.72. The highest BCUT2D eigenvalue weighted by Gasteiger charge is 2.17. The maximum absolute atomic E-state index is 12.7. The van der Waals surface area contributed by atoms with Gasteiger partial charge in [-0.2, -0.15) is 0 Å². The van der Waals surface area contributed by atoms with Gasteiger partial charge in [-0.3, -0.25) is 9.52 Å². The van der Waals surface area contributed by atoms with Gasteiger partial charge in [0.25, 0.3) is 15.9 Å². The molecule has 0 spiro atoms. The number of ether oxygens (including phenoxy) is 2. The Morgan fingerprint density at radius 2 is 1.41 bits per heavy atom. The lowest BCUT2D eigenvalue weighted by atomic mass is 10.1. The SMILES string of the molecule is COc1ccc(OC(C)C(=O)Nc2ccc(S(=O)(=O)Nc3cc(C)cc(C)c3)cc2)cc1. The molecule has 1 atom stereocenters. The molecule has 0 aliphatic heterocycles. The molecule has 7 nitrogen and oxygen atoms in total. The van der Waals surface area contributed by atoms with Crippen molar-refractivity contribution in [3.63, 3.8) is 0 Å². The number of rotatable bonds is 8. The number of carbonyl (C=O) groups is 1. The minimum absolute atomic E-state index is 0.0946. The summed E-state index contributed by atoms with van der Waals surface area (Å²) in [7, 11) is -2.18. The lowest BCUT2D eigenvalue weighted by molar-refractivity contribution is -0.122. The van der Waals surface area contributed by atoms with E-state index in [1.54, 1.807) is 50.4 Å².